The molecule has 2 aromatic rings. The number of carboxylic acid groups (broad SMARTS) is 1. The molecule has 0 saturated carbocycles. The fourth-order valence-electron chi connectivity index (χ4n) is 1.05. The Balaban J connectivity index is 2.14. The summed E-state index contributed by atoms with van der Waals surface area (Å²) < 4.78 is 1.68. The first kappa shape index (κ1) is 10.6. The minimum Gasteiger partial charge on any atom is -0.476 e. The van der Waals surface area contributed by atoms with E-state index in [1.165, 1.54) is 24.2 Å². The van der Waals surface area contributed by atoms with Crippen LogP contribution in [0, 0.1) is 0 Å². The first-order valence-electron chi connectivity index (χ1n) is 4.37. The summed E-state index contributed by atoms with van der Waals surface area (Å²) in [5.74, 6) is -1.08. The number of aromatic carboxylic acids is 1. The van der Waals surface area contributed by atoms with E-state index in [1.807, 2.05) is 13.2 Å². The van der Waals surface area contributed by atoms with Gasteiger partial charge < -0.3 is 5.11 Å². The van der Waals surface area contributed by atoms with E-state index in [9.17, 15) is 4.79 Å². The van der Waals surface area contributed by atoms with Gasteiger partial charge in [-0.2, -0.15) is 5.10 Å². The standard InChI is InChI=1S/C9H8N4O2S/c1-13-5-6(2-12-13)16-8-4-10-7(3-11-8)9(14)15/h2-5H,1H3,(H,14,15). The van der Waals surface area contributed by atoms with Crippen LogP contribution in [0.3, 0.4) is 0 Å². The summed E-state index contributed by atoms with van der Waals surface area (Å²) in [6.45, 7) is 0. The minimum absolute atomic E-state index is 0.0597. The van der Waals surface area contributed by atoms with E-state index in [4.69, 9.17) is 5.11 Å². The monoisotopic (exact) mass is 236 g/mol. The molecule has 0 amide bonds. The Bertz CT molecular complexity index is 508. The van der Waals surface area contributed by atoms with Crippen LogP contribution in [0.25, 0.3) is 0 Å². The van der Waals surface area contributed by atoms with Crippen molar-refractivity contribution in [2.45, 2.75) is 9.92 Å². The van der Waals surface area contributed by atoms with Crippen LogP contribution in [-0.2, 0) is 7.05 Å². The molecule has 0 unspecified atom stereocenters. The highest BCUT2D eigenvalue weighted by atomic mass is 32.2. The van der Waals surface area contributed by atoms with E-state index in [0.717, 1.165) is 4.90 Å². The molecule has 0 aliphatic rings. The maximum Gasteiger partial charge on any atom is 0.356 e. The molecule has 0 aromatic carbocycles. The number of aryl methyl sites for hydroxylation is 1. The Morgan fingerprint density at radius 2 is 2.19 bits per heavy atom. The lowest BCUT2D eigenvalue weighted by molar-refractivity contribution is 0.0689. The molecule has 6 nitrogen and oxygen atoms in total. The molecule has 16 heavy (non-hydrogen) atoms. The number of nitrogens with zero attached hydrogens (tertiary/aromatic N) is 4. The number of aromatic nitrogens is 4. The first-order valence-corrected chi connectivity index (χ1v) is 5.18. The van der Waals surface area contributed by atoms with Gasteiger partial charge in [-0.15, -0.1) is 0 Å². The van der Waals surface area contributed by atoms with Crippen LogP contribution < -0.4 is 0 Å². The predicted molar refractivity (Wildman–Crippen MR) is 56.3 cm³/mol. The SMILES string of the molecule is Cn1cc(Sc2cnc(C(=O)O)cn2)cn1. The van der Waals surface area contributed by atoms with E-state index in [1.54, 1.807) is 10.9 Å². The summed E-state index contributed by atoms with van der Waals surface area (Å²) in [5.41, 5.74) is -0.0597. The van der Waals surface area contributed by atoms with E-state index in [0.29, 0.717) is 5.03 Å². The van der Waals surface area contributed by atoms with Gasteiger partial charge in [0.2, 0.25) is 0 Å². The number of hydrogen-bond donors (Lipinski definition) is 1. The van der Waals surface area contributed by atoms with Crippen LogP contribution in [0.2, 0.25) is 0 Å². The molecule has 2 heterocycles. The fourth-order valence-corrected chi connectivity index (χ4v) is 1.81. The molecule has 0 radical (unpaired) electrons. The van der Waals surface area contributed by atoms with Crippen LogP contribution in [0.15, 0.2) is 34.7 Å². The second-order valence-corrected chi connectivity index (χ2v) is 4.09. The summed E-state index contributed by atoms with van der Waals surface area (Å²) >= 11 is 1.38. The molecule has 0 spiro atoms. The third-order valence-corrected chi connectivity index (χ3v) is 2.62. The average molecular weight is 236 g/mol. The third kappa shape index (κ3) is 2.37. The Hall–Kier alpha value is -1.89. The first-order chi connectivity index (χ1) is 7.65. The third-order valence-electron chi connectivity index (χ3n) is 1.75. The van der Waals surface area contributed by atoms with Crippen molar-refractivity contribution < 1.29 is 9.90 Å². The molecule has 82 valence electrons. The normalized spacial score (nSPS) is 10.3. The molecule has 0 bridgehead atoms. The lowest BCUT2D eigenvalue weighted by atomic mass is 10.5. The van der Waals surface area contributed by atoms with Gasteiger partial charge in [0.25, 0.3) is 0 Å². The van der Waals surface area contributed by atoms with Crippen molar-refractivity contribution in [2.75, 3.05) is 0 Å². The lowest BCUT2D eigenvalue weighted by Gasteiger charge is -1.97. The zero-order valence-corrected chi connectivity index (χ0v) is 9.18. The van der Waals surface area contributed by atoms with Crippen molar-refractivity contribution in [3.05, 3.63) is 30.5 Å². The van der Waals surface area contributed by atoms with E-state index in [2.05, 4.69) is 15.1 Å². The van der Waals surface area contributed by atoms with Crippen LogP contribution in [-0.4, -0.2) is 30.8 Å². The fraction of sp³-hybridized carbons (Fsp3) is 0.111. The summed E-state index contributed by atoms with van der Waals surface area (Å²) in [6.07, 6.45) is 6.22. The predicted octanol–water partition coefficient (Wildman–Crippen LogP) is 1.06. The molecule has 2 rings (SSSR count). The number of carbonyl (C=O) groups is 1. The maximum atomic E-state index is 10.6. The Morgan fingerprint density at radius 3 is 2.69 bits per heavy atom. The van der Waals surface area contributed by atoms with Crippen LogP contribution >= 0.6 is 11.8 Å². The van der Waals surface area contributed by atoms with Crippen LogP contribution in [0.5, 0.6) is 0 Å². The molecule has 0 aliphatic heterocycles. The highest BCUT2D eigenvalue weighted by Crippen LogP contribution is 2.24. The summed E-state index contributed by atoms with van der Waals surface area (Å²) in [5, 5.41) is 13.3. The Morgan fingerprint density at radius 1 is 1.38 bits per heavy atom. The minimum atomic E-state index is -1.08. The zero-order valence-electron chi connectivity index (χ0n) is 8.36. The van der Waals surface area contributed by atoms with Gasteiger partial charge in [0.1, 0.15) is 5.03 Å². The van der Waals surface area contributed by atoms with Crippen molar-refractivity contribution in [1.82, 2.24) is 19.7 Å². The smallest absolute Gasteiger partial charge is 0.356 e. The molecule has 1 N–H and O–H groups in total. The summed E-state index contributed by atoms with van der Waals surface area (Å²) in [7, 11) is 1.82. The van der Waals surface area contributed by atoms with Gasteiger partial charge in [0.05, 0.1) is 23.5 Å². The topological polar surface area (TPSA) is 80.9 Å². The van der Waals surface area contributed by atoms with Gasteiger partial charge in [-0.1, -0.05) is 11.8 Å². The summed E-state index contributed by atoms with van der Waals surface area (Å²) in [4.78, 5) is 19.2. The van der Waals surface area contributed by atoms with E-state index < -0.39 is 5.97 Å². The molecule has 0 saturated heterocycles. The highest BCUT2D eigenvalue weighted by Gasteiger charge is 2.06. The Kier molecular flexibility index (Phi) is 2.86. The van der Waals surface area contributed by atoms with E-state index >= 15 is 0 Å². The van der Waals surface area contributed by atoms with Gasteiger partial charge >= 0.3 is 5.97 Å². The van der Waals surface area contributed by atoms with Crippen molar-refractivity contribution >= 4 is 17.7 Å². The van der Waals surface area contributed by atoms with Crippen molar-refractivity contribution in [1.29, 1.82) is 0 Å². The van der Waals surface area contributed by atoms with Gasteiger partial charge in [-0.3, -0.25) is 4.68 Å². The Labute approximate surface area is 95.3 Å². The summed E-state index contributed by atoms with van der Waals surface area (Å²) in [6, 6.07) is 0. The lowest BCUT2D eigenvalue weighted by Crippen LogP contribution is -2.00. The van der Waals surface area contributed by atoms with Gasteiger partial charge in [-0.25, -0.2) is 14.8 Å². The highest BCUT2D eigenvalue weighted by molar-refractivity contribution is 7.99. The van der Waals surface area contributed by atoms with Gasteiger partial charge in [0.15, 0.2) is 5.69 Å². The average Bonchev–Trinajstić information content (AvgIpc) is 2.65. The van der Waals surface area contributed by atoms with Crippen molar-refractivity contribution in [3.63, 3.8) is 0 Å². The number of rotatable bonds is 3. The zero-order chi connectivity index (χ0) is 11.5. The van der Waals surface area contributed by atoms with E-state index in [-0.39, 0.29) is 5.69 Å². The molecule has 7 heteroatoms. The molecular formula is C9H8N4O2S. The van der Waals surface area contributed by atoms with Gasteiger partial charge in [0, 0.05) is 13.2 Å². The molecule has 0 fully saturated rings. The second-order valence-electron chi connectivity index (χ2n) is 3.00. The largest absolute Gasteiger partial charge is 0.476 e. The number of hydrogen-bond acceptors (Lipinski definition) is 5. The maximum absolute atomic E-state index is 10.6. The number of carboxylic acids is 1. The van der Waals surface area contributed by atoms with Crippen LogP contribution in [0.1, 0.15) is 10.5 Å². The van der Waals surface area contributed by atoms with Crippen molar-refractivity contribution in [3.8, 4) is 0 Å². The van der Waals surface area contributed by atoms with Crippen LogP contribution in [0.4, 0.5) is 0 Å². The van der Waals surface area contributed by atoms with Crippen molar-refractivity contribution in [2.24, 2.45) is 7.05 Å². The molecule has 0 atom stereocenters. The molecule has 2 aromatic heterocycles. The van der Waals surface area contributed by atoms with Gasteiger partial charge in [-0.05, 0) is 0 Å². The quantitative estimate of drug-likeness (QED) is 0.858. The molecule has 0 aliphatic carbocycles. The molecular weight excluding hydrogens is 228 g/mol. The second kappa shape index (κ2) is 4.31.